The largest absolute Gasteiger partial charge is 0.481 e. The highest BCUT2D eigenvalue weighted by atomic mass is 16.5. The number of carbonyl (C=O) groups excluding carboxylic acids is 2. The molecule has 0 heterocycles. The summed E-state index contributed by atoms with van der Waals surface area (Å²) in [5, 5.41) is 14.6. The zero-order valence-corrected chi connectivity index (χ0v) is 20.7. The number of carbonyl (C=O) groups is 3. The number of aliphatic carboxylic acids is 1. The minimum atomic E-state index is -1.35. The lowest BCUT2D eigenvalue weighted by molar-refractivity contribution is -0.140. The standard InChI is InChI=1S/C27H34N2O6/c1-5-27(17-34-4,24(32)28-16-26(2,3)14-23(30)31)29-25(33)35-15-22-20-12-8-6-10-18(20)19-11-7-9-13-21(19)22/h6-13,22H,5,14-17H2,1-4H3,(H,28,32)(H,29,33)(H,30,31). The molecule has 0 saturated heterocycles. The number of hydrogen-bond acceptors (Lipinski definition) is 5. The third kappa shape index (κ3) is 6.00. The summed E-state index contributed by atoms with van der Waals surface area (Å²) in [6, 6.07) is 16.1. The van der Waals surface area contributed by atoms with Gasteiger partial charge in [-0.2, -0.15) is 0 Å². The molecule has 1 aliphatic carbocycles. The number of rotatable bonds is 11. The van der Waals surface area contributed by atoms with E-state index in [1.807, 2.05) is 36.4 Å². The first kappa shape index (κ1) is 26.2. The van der Waals surface area contributed by atoms with Gasteiger partial charge in [-0.05, 0) is 34.1 Å². The Morgan fingerprint density at radius 2 is 1.57 bits per heavy atom. The lowest BCUT2D eigenvalue weighted by atomic mass is 9.88. The number of carboxylic acids is 1. The fraction of sp³-hybridized carbons (Fsp3) is 0.444. The SMILES string of the molecule is CCC(COC)(NC(=O)OCC1c2ccccc2-c2ccccc21)C(=O)NCC(C)(C)CC(=O)O. The van der Waals surface area contributed by atoms with Crippen molar-refractivity contribution in [3.05, 3.63) is 59.7 Å². The van der Waals surface area contributed by atoms with Gasteiger partial charge in [0.2, 0.25) is 5.91 Å². The van der Waals surface area contributed by atoms with E-state index < -0.39 is 28.9 Å². The van der Waals surface area contributed by atoms with Crippen molar-refractivity contribution < 1.29 is 29.0 Å². The molecular weight excluding hydrogens is 448 g/mol. The van der Waals surface area contributed by atoms with Crippen LogP contribution in [0.1, 0.15) is 50.7 Å². The van der Waals surface area contributed by atoms with Gasteiger partial charge < -0.3 is 25.2 Å². The van der Waals surface area contributed by atoms with Crippen molar-refractivity contribution in [2.24, 2.45) is 5.41 Å². The summed E-state index contributed by atoms with van der Waals surface area (Å²) in [4.78, 5) is 37.1. The van der Waals surface area contributed by atoms with E-state index in [4.69, 9.17) is 14.6 Å². The molecule has 1 atom stereocenters. The molecule has 1 unspecified atom stereocenters. The predicted octanol–water partition coefficient (Wildman–Crippen LogP) is 3.94. The topological polar surface area (TPSA) is 114 Å². The molecule has 0 spiro atoms. The van der Waals surface area contributed by atoms with Crippen LogP contribution in [0.25, 0.3) is 11.1 Å². The zero-order valence-electron chi connectivity index (χ0n) is 20.7. The maximum absolute atomic E-state index is 13.1. The molecule has 3 rings (SSSR count). The average Bonchev–Trinajstić information content (AvgIpc) is 3.14. The summed E-state index contributed by atoms with van der Waals surface area (Å²) in [6.07, 6.45) is -0.557. The van der Waals surface area contributed by atoms with Crippen molar-refractivity contribution in [1.82, 2.24) is 10.6 Å². The highest BCUT2D eigenvalue weighted by Gasteiger charge is 2.40. The first-order valence-corrected chi connectivity index (χ1v) is 11.7. The Kier molecular flexibility index (Phi) is 8.17. The van der Waals surface area contributed by atoms with Gasteiger partial charge in [0, 0.05) is 19.6 Å². The van der Waals surface area contributed by atoms with Crippen LogP contribution in [0.2, 0.25) is 0 Å². The number of benzene rings is 2. The summed E-state index contributed by atoms with van der Waals surface area (Å²) in [5.74, 6) is -1.49. The number of ether oxygens (including phenoxy) is 2. The van der Waals surface area contributed by atoms with E-state index in [0.717, 1.165) is 22.3 Å². The molecule has 8 nitrogen and oxygen atoms in total. The van der Waals surface area contributed by atoms with Gasteiger partial charge in [-0.15, -0.1) is 0 Å². The summed E-state index contributed by atoms with van der Waals surface area (Å²) < 4.78 is 10.9. The first-order valence-electron chi connectivity index (χ1n) is 11.7. The smallest absolute Gasteiger partial charge is 0.408 e. The Bertz CT molecular complexity index is 1040. The number of fused-ring (bicyclic) bond motifs is 3. The fourth-order valence-corrected chi connectivity index (χ4v) is 4.55. The molecule has 188 valence electrons. The monoisotopic (exact) mass is 482 g/mol. The van der Waals surface area contributed by atoms with Crippen molar-refractivity contribution in [1.29, 1.82) is 0 Å². The molecule has 8 heteroatoms. The maximum Gasteiger partial charge on any atom is 0.408 e. The number of carboxylic acid groups (broad SMARTS) is 1. The van der Waals surface area contributed by atoms with Crippen LogP contribution < -0.4 is 10.6 Å². The Balaban J connectivity index is 1.69. The molecule has 0 aliphatic heterocycles. The second-order valence-corrected chi connectivity index (χ2v) is 9.74. The van der Waals surface area contributed by atoms with E-state index in [0.29, 0.717) is 0 Å². The van der Waals surface area contributed by atoms with Crippen LogP contribution in [0.15, 0.2) is 48.5 Å². The normalized spacial score (nSPS) is 14.4. The number of amides is 2. The van der Waals surface area contributed by atoms with Gasteiger partial charge >= 0.3 is 12.1 Å². The van der Waals surface area contributed by atoms with Crippen LogP contribution >= 0.6 is 0 Å². The molecule has 0 saturated carbocycles. The van der Waals surface area contributed by atoms with Crippen LogP contribution in [0.5, 0.6) is 0 Å². The van der Waals surface area contributed by atoms with Gasteiger partial charge in [-0.25, -0.2) is 4.79 Å². The van der Waals surface area contributed by atoms with E-state index in [2.05, 4.69) is 22.8 Å². The molecule has 2 aromatic rings. The highest BCUT2D eigenvalue weighted by molar-refractivity contribution is 5.90. The highest BCUT2D eigenvalue weighted by Crippen LogP contribution is 2.44. The summed E-state index contributed by atoms with van der Waals surface area (Å²) in [6.45, 7) is 5.48. The van der Waals surface area contributed by atoms with Crippen molar-refractivity contribution in [3.8, 4) is 11.1 Å². The number of hydrogen-bond donors (Lipinski definition) is 3. The Labute approximate surface area is 206 Å². The molecule has 2 aromatic carbocycles. The second kappa shape index (κ2) is 10.9. The van der Waals surface area contributed by atoms with E-state index in [-0.39, 0.29) is 38.5 Å². The molecular formula is C27H34N2O6. The van der Waals surface area contributed by atoms with Crippen LogP contribution in [-0.4, -0.2) is 55.5 Å². The van der Waals surface area contributed by atoms with Gasteiger partial charge in [-0.3, -0.25) is 9.59 Å². The van der Waals surface area contributed by atoms with Crippen LogP contribution in [0, 0.1) is 5.41 Å². The quantitative estimate of drug-likeness (QED) is 0.447. The van der Waals surface area contributed by atoms with Crippen LogP contribution in [0.4, 0.5) is 4.79 Å². The molecule has 0 radical (unpaired) electrons. The first-order chi connectivity index (χ1) is 16.6. The minimum Gasteiger partial charge on any atom is -0.481 e. The molecule has 0 bridgehead atoms. The fourth-order valence-electron chi connectivity index (χ4n) is 4.55. The maximum atomic E-state index is 13.1. The number of nitrogens with one attached hydrogen (secondary N) is 2. The van der Waals surface area contributed by atoms with Crippen molar-refractivity contribution in [2.75, 3.05) is 26.9 Å². The van der Waals surface area contributed by atoms with E-state index in [1.165, 1.54) is 7.11 Å². The second-order valence-electron chi connectivity index (χ2n) is 9.74. The number of methoxy groups -OCH3 is 1. The molecule has 0 fully saturated rings. The third-order valence-corrected chi connectivity index (χ3v) is 6.47. The van der Waals surface area contributed by atoms with Gasteiger partial charge in [0.25, 0.3) is 0 Å². The molecule has 35 heavy (non-hydrogen) atoms. The van der Waals surface area contributed by atoms with Crippen molar-refractivity contribution in [2.45, 2.75) is 45.1 Å². The predicted molar refractivity (Wildman–Crippen MR) is 132 cm³/mol. The Morgan fingerprint density at radius 1 is 1.00 bits per heavy atom. The van der Waals surface area contributed by atoms with Gasteiger partial charge in [0.15, 0.2) is 0 Å². The summed E-state index contributed by atoms with van der Waals surface area (Å²) in [7, 11) is 1.45. The molecule has 0 aromatic heterocycles. The zero-order chi connectivity index (χ0) is 25.6. The van der Waals surface area contributed by atoms with Crippen molar-refractivity contribution >= 4 is 18.0 Å². The average molecular weight is 483 g/mol. The Hall–Kier alpha value is -3.39. The van der Waals surface area contributed by atoms with E-state index in [1.54, 1.807) is 20.8 Å². The third-order valence-electron chi connectivity index (χ3n) is 6.47. The molecule has 2 amide bonds. The molecule has 3 N–H and O–H groups in total. The van der Waals surface area contributed by atoms with Crippen molar-refractivity contribution in [3.63, 3.8) is 0 Å². The lowest BCUT2D eigenvalue weighted by Gasteiger charge is -2.33. The van der Waals surface area contributed by atoms with E-state index >= 15 is 0 Å². The summed E-state index contributed by atoms with van der Waals surface area (Å²) >= 11 is 0. The minimum absolute atomic E-state index is 0.0567. The van der Waals surface area contributed by atoms with E-state index in [9.17, 15) is 14.4 Å². The Morgan fingerprint density at radius 3 is 2.09 bits per heavy atom. The van der Waals surface area contributed by atoms with Gasteiger partial charge in [0.05, 0.1) is 13.0 Å². The lowest BCUT2D eigenvalue weighted by Crippen LogP contribution is -2.62. The van der Waals surface area contributed by atoms with Crippen LogP contribution in [0.3, 0.4) is 0 Å². The molecule has 1 aliphatic rings. The summed E-state index contributed by atoms with van der Waals surface area (Å²) in [5.41, 5.74) is 2.44. The van der Waals surface area contributed by atoms with Gasteiger partial charge in [-0.1, -0.05) is 69.3 Å². The van der Waals surface area contributed by atoms with Crippen LogP contribution in [-0.2, 0) is 19.1 Å². The van der Waals surface area contributed by atoms with Gasteiger partial charge in [0.1, 0.15) is 12.1 Å². The number of alkyl carbamates (subject to hydrolysis) is 1.